The van der Waals surface area contributed by atoms with Crippen LogP contribution in [-0.2, 0) is 4.79 Å². The maximum atomic E-state index is 12.7. The number of likely N-dealkylation sites (tertiary alicyclic amines) is 1. The van der Waals surface area contributed by atoms with E-state index in [0.717, 1.165) is 44.1 Å². The van der Waals surface area contributed by atoms with Crippen molar-refractivity contribution in [2.45, 2.75) is 76.0 Å². The summed E-state index contributed by atoms with van der Waals surface area (Å²) in [4.78, 5) is 19.4. The van der Waals surface area contributed by atoms with E-state index < -0.39 is 0 Å². The molecule has 0 unspecified atom stereocenters. The van der Waals surface area contributed by atoms with Crippen LogP contribution in [0.5, 0.6) is 0 Å². The van der Waals surface area contributed by atoms with Crippen molar-refractivity contribution in [1.82, 2.24) is 15.0 Å². The number of hydrogen-bond donors (Lipinski definition) is 0. The molecule has 126 valence electrons. The molecule has 1 aromatic rings. The molecule has 2 heterocycles. The second kappa shape index (κ2) is 6.62. The summed E-state index contributed by atoms with van der Waals surface area (Å²) < 4.78 is 5.54. The topological polar surface area (TPSA) is 59.2 Å². The third-order valence-corrected chi connectivity index (χ3v) is 5.98. The molecule has 3 aliphatic rings. The molecular formula is C18H27N3O2. The first kappa shape index (κ1) is 15.2. The van der Waals surface area contributed by atoms with Crippen molar-refractivity contribution in [2.75, 3.05) is 13.1 Å². The Kier molecular flexibility index (Phi) is 4.36. The van der Waals surface area contributed by atoms with Crippen LogP contribution in [0.4, 0.5) is 0 Å². The largest absolute Gasteiger partial charge is 0.342 e. The van der Waals surface area contributed by atoms with Crippen LogP contribution in [0.25, 0.3) is 0 Å². The Hall–Kier alpha value is -1.39. The zero-order valence-electron chi connectivity index (χ0n) is 13.9. The summed E-state index contributed by atoms with van der Waals surface area (Å²) in [6, 6.07) is 0. The zero-order chi connectivity index (χ0) is 15.6. The fraction of sp³-hybridized carbons (Fsp3) is 0.833. The maximum Gasteiger partial charge on any atom is 0.231 e. The van der Waals surface area contributed by atoms with Gasteiger partial charge in [0.25, 0.3) is 0 Å². The molecule has 2 aliphatic carbocycles. The van der Waals surface area contributed by atoms with Crippen molar-refractivity contribution < 1.29 is 9.32 Å². The molecule has 1 amide bonds. The second-order valence-corrected chi connectivity index (χ2v) is 7.58. The minimum Gasteiger partial charge on any atom is -0.342 e. The van der Waals surface area contributed by atoms with Crippen molar-refractivity contribution in [2.24, 2.45) is 5.92 Å². The van der Waals surface area contributed by atoms with Crippen molar-refractivity contribution >= 4 is 5.91 Å². The van der Waals surface area contributed by atoms with E-state index in [4.69, 9.17) is 4.52 Å². The maximum absolute atomic E-state index is 12.7. The van der Waals surface area contributed by atoms with Gasteiger partial charge in [0, 0.05) is 24.9 Å². The molecule has 1 saturated heterocycles. The molecule has 4 rings (SSSR count). The first-order chi connectivity index (χ1) is 11.3. The molecule has 2 saturated carbocycles. The van der Waals surface area contributed by atoms with Crippen molar-refractivity contribution in [1.29, 1.82) is 0 Å². The quantitative estimate of drug-likeness (QED) is 0.854. The summed E-state index contributed by atoms with van der Waals surface area (Å²) in [5.41, 5.74) is 0. The van der Waals surface area contributed by atoms with Crippen LogP contribution in [-0.4, -0.2) is 34.0 Å². The van der Waals surface area contributed by atoms with Crippen LogP contribution >= 0.6 is 0 Å². The normalized spacial score (nSPS) is 27.0. The SMILES string of the molecule is O=C(C1CCCCC1)N1CC[C@H](c2nc(C3CCCC3)no2)C1. The molecule has 0 aromatic carbocycles. The monoisotopic (exact) mass is 317 g/mol. The van der Waals surface area contributed by atoms with Gasteiger partial charge >= 0.3 is 0 Å². The molecule has 23 heavy (non-hydrogen) atoms. The highest BCUT2D eigenvalue weighted by atomic mass is 16.5. The number of rotatable bonds is 3. The van der Waals surface area contributed by atoms with Gasteiger partial charge in [-0.25, -0.2) is 0 Å². The van der Waals surface area contributed by atoms with Gasteiger partial charge in [-0.15, -0.1) is 0 Å². The number of carbonyl (C=O) groups is 1. The predicted octanol–water partition coefficient (Wildman–Crippen LogP) is 3.62. The van der Waals surface area contributed by atoms with E-state index in [0.29, 0.717) is 11.8 Å². The number of nitrogens with zero attached hydrogens (tertiary/aromatic N) is 3. The van der Waals surface area contributed by atoms with E-state index in [2.05, 4.69) is 10.1 Å². The van der Waals surface area contributed by atoms with Gasteiger partial charge in [-0.2, -0.15) is 4.98 Å². The molecular weight excluding hydrogens is 290 g/mol. The van der Waals surface area contributed by atoms with Gasteiger partial charge in [-0.05, 0) is 32.1 Å². The molecule has 5 nitrogen and oxygen atoms in total. The summed E-state index contributed by atoms with van der Waals surface area (Å²) in [6.07, 6.45) is 11.8. The lowest BCUT2D eigenvalue weighted by Gasteiger charge is -2.26. The zero-order valence-corrected chi connectivity index (χ0v) is 13.9. The lowest BCUT2D eigenvalue weighted by atomic mass is 9.88. The van der Waals surface area contributed by atoms with Crippen LogP contribution < -0.4 is 0 Å². The molecule has 0 N–H and O–H groups in total. The molecule has 1 aliphatic heterocycles. The first-order valence-electron chi connectivity index (χ1n) is 9.43. The molecule has 3 fully saturated rings. The highest BCUT2D eigenvalue weighted by Gasteiger charge is 2.35. The molecule has 1 atom stereocenters. The van der Waals surface area contributed by atoms with Crippen LogP contribution in [0.2, 0.25) is 0 Å². The van der Waals surface area contributed by atoms with Crippen LogP contribution in [0.15, 0.2) is 4.52 Å². The standard InChI is InChI=1S/C18H27N3O2/c22-18(14-8-2-1-3-9-14)21-11-10-15(12-21)17-19-16(20-23-17)13-6-4-5-7-13/h13-15H,1-12H2/t15-/m0/s1. The van der Waals surface area contributed by atoms with Gasteiger partial charge < -0.3 is 9.42 Å². The molecule has 5 heteroatoms. The van der Waals surface area contributed by atoms with Gasteiger partial charge in [0.05, 0.1) is 5.92 Å². The summed E-state index contributed by atoms with van der Waals surface area (Å²) >= 11 is 0. The highest BCUT2D eigenvalue weighted by molar-refractivity contribution is 5.79. The number of amides is 1. The number of hydrogen-bond acceptors (Lipinski definition) is 4. The van der Waals surface area contributed by atoms with Gasteiger partial charge in [0.1, 0.15) is 0 Å². The Balaban J connectivity index is 1.37. The second-order valence-electron chi connectivity index (χ2n) is 7.58. The fourth-order valence-electron chi connectivity index (χ4n) is 4.53. The number of aromatic nitrogens is 2. The Bertz CT molecular complexity index is 544. The van der Waals surface area contributed by atoms with E-state index in [9.17, 15) is 4.79 Å². The average Bonchev–Trinajstić information content (AvgIpc) is 3.34. The Morgan fingerprint density at radius 2 is 1.70 bits per heavy atom. The Morgan fingerprint density at radius 3 is 2.48 bits per heavy atom. The highest BCUT2D eigenvalue weighted by Crippen LogP contribution is 2.35. The van der Waals surface area contributed by atoms with E-state index in [1.54, 1.807) is 0 Å². The van der Waals surface area contributed by atoms with Gasteiger partial charge in [0.15, 0.2) is 5.82 Å². The predicted molar refractivity (Wildman–Crippen MR) is 86.0 cm³/mol. The molecule has 0 bridgehead atoms. The minimum atomic E-state index is 0.241. The Labute approximate surface area is 137 Å². The minimum absolute atomic E-state index is 0.241. The fourth-order valence-corrected chi connectivity index (χ4v) is 4.53. The summed E-state index contributed by atoms with van der Waals surface area (Å²) in [6.45, 7) is 1.61. The van der Waals surface area contributed by atoms with E-state index >= 15 is 0 Å². The first-order valence-corrected chi connectivity index (χ1v) is 9.43. The lowest BCUT2D eigenvalue weighted by Crippen LogP contribution is -2.35. The van der Waals surface area contributed by atoms with Crippen molar-refractivity contribution in [3.63, 3.8) is 0 Å². The van der Waals surface area contributed by atoms with Crippen LogP contribution in [0.3, 0.4) is 0 Å². The van der Waals surface area contributed by atoms with E-state index in [1.165, 1.54) is 44.9 Å². The average molecular weight is 317 g/mol. The van der Waals surface area contributed by atoms with Crippen molar-refractivity contribution in [3.05, 3.63) is 11.7 Å². The van der Waals surface area contributed by atoms with Gasteiger partial charge in [0.2, 0.25) is 11.8 Å². The molecule has 1 aromatic heterocycles. The van der Waals surface area contributed by atoms with Crippen LogP contribution in [0.1, 0.15) is 87.8 Å². The summed E-state index contributed by atoms with van der Waals surface area (Å²) in [5.74, 6) is 3.02. The third-order valence-electron chi connectivity index (χ3n) is 5.98. The van der Waals surface area contributed by atoms with E-state index in [1.807, 2.05) is 4.90 Å². The molecule has 0 radical (unpaired) electrons. The summed E-state index contributed by atoms with van der Waals surface area (Å²) in [7, 11) is 0. The van der Waals surface area contributed by atoms with Crippen molar-refractivity contribution in [3.8, 4) is 0 Å². The lowest BCUT2D eigenvalue weighted by molar-refractivity contribution is -0.135. The smallest absolute Gasteiger partial charge is 0.231 e. The molecule has 0 spiro atoms. The van der Waals surface area contributed by atoms with Crippen LogP contribution in [0, 0.1) is 5.92 Å². The summed E-state index contributed by atoms with van der Waals surface area (Å²) in [5, 5.41) is 4.21. The third kappa shape index (κ3) is 3.15. The number of carbonyl (C=O) groups excluding carboxylic acids is 1. The Morgan fingerprint density at radius 1 is 0.957 bits per heavy atom. The van der Waals surface area contributed by atoms with Gasteiger partial charge in [-0.1, -0.05) is 37.3 Å². The van der Waals surface area contributed by atoms with E-state index in [-0.39, 0.29) is 11.8 Å². The van der Waals surface area contributed by atoms with Gasteiger partial charge in [-0.3, -0.25) is 4.79 Å².